The lowest BCUT2D eigenvalue weighted by Crippen LogP contribution is -2.29. The molecule has 1 aliphatic rings. The van der Waals surface area contributed by atoms with Crippen molar-refractivity contribution in [1.29, 1.82) is 0 Å². The van der Waals surface area contributed by atoms with Crippen molar-refractivity contribution in [1.82, 2.24) is 14.6 Å². The van der Waals surface area contributed by atoms with Crippen LogP contribution >= 0.6 is 0 Å². The summed E-state index contributed by atoms with van der Waals surface area (Å²) in [4.78, 5) is 7.36. The Hall–Kier alpha value is -4.98. The number of para-hydroxylation sites is 1. The highest BCUT2D eigenvalue weighted by atomic mass is 16.3. The molecule has 8 heteroatoms. The predicted molar refractivity (Wildman–Crippen MR) is 155 cm³/mol. The molecule has 0 atom stereocenters. The Morgan fingerprint density at radius 1 is 0.795 bits per heavy atom. The zero-order chi connectivity index (χ0) is 26.2. The molecule has 0 spiro atoms. The number of nitrogen functional groups attached to an aromatic ring is 1. The minimum absolute atomic E-state index is 0.259. The number of rotatable bonds is 5. The molecule has 4 heterocycles. The van der Waals surface area contributed by atoms with Crippen LogP contribution in [0.4, 0.5) is 22.9 Å². The Labute approximate surface area is 225 Å². The molecule has 2 N–H and O–H groups in total. The van der Waals surface area contributed by atoms with Crippen molar-refractivity contribution < 1.29 is 4.42 Å². The van der Waals surface area contributed by atoms with Crippen molar-refractivity contribution in [3.05, 3.63) is 91.0 Å². The van der Waals surface area contributed by atoms with Crippen LogP contribution in [0.3, 0.4) is 0 Å². The molecule has 39 heavy (non-hydrogen) atoms. The first kappa shape index (κ1) is 23.2. The largest absolute Gasteiger partial charge is 0.454 e. The molecule has 0 radical (unpaired) electrons. The van der Waals surface area contributed by atoms with Crippen LogP contribution in [-0.4, -0.2) is 27.7 Å². The lowest BCUT2D eigenvalue weighted by Gasteiger charge is -2.28. The Morgan fingerprint density at radius 3 is 2.36 bits per heavy atom. The molecule has 1 aliphatic heterocycles. The van der Waals surface area contributed by atoms with E-state index in [1.807, 2.05) is 66.7 Å². The van der Waals surface area contributed by atoms with Gasteiger partial charge in [0.25, 0.3) is 0 Å². The van der Waals surface area contributed by atoms with E-state index in [1.54, 1.807) is 4.52 Å². The molecule has 192 valence electrons. The lowest BCUT2D eigenvalue weighted by molar-refractivity contribution is 0.578. The van der Waals surface area contributed by atoms with Crippen LogP contribution in [0.2, 0.25) is 0 Å². The third-order valence-electron chi connectivity index (χ3n) is 7.17. The zero-order valence-corrected chi connectivity index (χ0v) is 21.4. The summed E-state index contributed by atoms with van der Waals surface area (Å²) in [7, 11) is 0. The third-order valence-corrected chi connectivity index (χ3v) is 7.17. The summed E-state index contributed by atoms with van der Waals surface area (Å²) in [5.41, 5.74) is 12.6. The van der Waals surface area contributed by atoms with Gasteiger partial charge in [0.1, 0.15) is 11.3 Å². The Bertz CT molecular complexity index is 1760. The monoisotopic (exact) mass is 513 g/mol. The van der Waals surface area contributed by atoms with E-state index in [2.05, 4.69) is 44.5 Å². The molecule has 0 saturated carbocycles. The van der Waals surface area contributed by atoms with Gasteiger partial charge in [-0.25, -0.2) is 9.50 Å². The maximum Gasteiger partial charge on any atom is 0.186 e. The number of nitrogens with zero attached hydrogens (tertiary/aromatic N) is 6. The van der Waals surface area contributed by atoms with E-state index in [0.717, 1.165) is 41.0 Å². The van der Waals surface area contributed by atoms with Gasteiger partial charge in [0.2, 0.25) is 0 Å². The van der Waals surface area contributed by atoms with Gasteiger partial charge in [-0.3, -0.25) is 0 Å². The minimum Gasteiger partial charge on any atom is -0.454 e. The summed E-state index contributed by atoms with van der Waals surface area (Å²) in [6.45, 7) is 2.20. The zero-order valence-electron chi connectivity index (χ0n) is 21.4. The fourth-order valence-corrected chi connectivity index (χ4v) is 5.16. The number of hydrogen-bond acceptors (Lipinski definition) is 7. The van der Waals surface area contributed by atoms with E-state index in [0.29, 0.717) is 22.8 Å². The summed E-state index contributed by atoms with van der Waals surface area (Å²) in [5, 5.41) is 14.5. The normalized spacial score (nSPS) is 14.1. The Morgan fingerprint density at radius 2 is 1.56 bits per heavy atom. The van der Waals surface area contributed by atoms with E-state index in [-0.39, 0.29) is 5.82 Å². The molecule has 0 aliphatic carbocycles. The summed E-state index contributed by atoms with van der Waals surface area (Å²) in [6, 6.07) is 30.1. The number of benzene rings is 3. The van der Waals surface area contributed by atoms with E-state index in [4.69, 9.17) is 15.1 Å². The standard InChI is InChI=1S/C31H27N7O/c32-30-29(35-34-23-10-3-1-4-11-23)31-33-25(28-19-22-9-5-6-12-27(22)39-28)20-26(38(31)36-30)21-13-15-24(16-14-21)37-17-7-2-8-18-37/h1,3-6,9-16,19-20H,2,7-8,17-18H2,(H2,32,36). The molecule has 7 rings (SSSR count). The van der Waals surface area contributed by atoms with Crippen molar-refractivity contribution in [3.63, 3.8) is 0 Å². The fourth-order valence-electron chi connectivity index (χ4n) is 5.16. The van der Waals surface area contributed by atoms with E-state index < -0.39 is 0 Å². The molecule has 0 unspecified atom stereocenters. The molecular weight excluding hydrogens is 486 g/mol. The highest BCUT2D eigenvalue weighted by molar-refractivity contribution is 5.85. The molecule has 1 fully saturated rings. The molecule has 0 bridgehead atoms. The summed E-state index contributed by atoms with van der Waals surface area (Å²) >= 11 is 0. The number of azo groups is 1. The second-order valence-electron chi connectivity index (χ2n) is 9.77. The van der Waals surface area contributed by atoms with Crippen molar-refractivity contribution in [2.24, 2.45) is 10.2 Å². The third kappa shape index (κ3) is 4.40. The van der Waals surface area contributed by atoms with Gasteiger partial charge in [-0.1, -0.05) is 48.5 Å². The van der Waals surface area contributed by atoms with Gasteiger partial charge in [-0.15, -0.1) is 10.2 Å². The van der Waals surface area contributed by atoms with E-state index in [9.17, 15) is 0 Å². The highest BCUT2D eigenvalue weighted by Gasteiger charge is 2.20. The summed E-state index contributed by atoms with van der Waals surface area (Å²) in [6.07, 6.45) is 3.78. The number of furan rings is 1. The van der Waals surface area contributed by atoms with Gasteiger partial charge in [-0.2, -0.15) is 5.11 Å². The Kier molecular flexibility index (Phi) is 5.77. The van der Waals surface area contributed by atoms with Crippen LogP contribution in [0, 0.1) is 0 Å². The first-order valence-corrected chi connectivity index (χ1v) is 13.2. The average Bonchev–Trinajstić information content (AvgIpc) is 3.57. The SMILES string of the molecule is Nc1nn2c(-c3ccc(N4CCCCC4)cc3)cc(-c3cc4ccccc4o3)nc2c1N=Nc1ccccc1. The van der Waals surface area contributed by atoms with Crippen molar-refractivity contribution in [3.8, 4) is 22.7 Å². The van der Waals surface area contributed by atoms with Crippen LogP contribution < -0.4 is 10.6 Å². The summed E-state index contributed by atoms with van der Waals surface area (Å²) in [5.74, 6) is 0.922. The van der Waals surface area contributed by atoms with E-state index in [1.165, 1.54) is 24.9 Å². The smallest absolute Gasteiger partial charge is 0.186 e. The maximum absolute atomic E-state index is 6.38. The first-order chi connectivity index (χ1) is 19.2. The molecule has 3 aromatic carbocycles. The highest BCUT2D eigenvalue weighted by Crippen LogP contribution is 2.36. The first-order valence-electron chi connectivity index (χ1n) is 13.2. The fraction of sp³-hybridized carbons (Fsp3) is 0.161. The van der Waals surface area contributed by atoms with Gasteiger partial charge in [0.15, 0.2) is 22.9 Å². The number of fused-ring (bicyclic) bond motifs is 2. The van der Waals surface area contributed by atoms with Crippen LogP contribution in [0.25, 0.3) is 39.3 Å². The number of hydrogen-bond donors (Lipinski definition) is 1. The molecule has 6 aromatic rings. The van der Waals surface area contributed by atoms with Crippen molar-refractivity contribution in [2.75, 3.05) is 23.7 Å². The van der Waals surface area contributed by atoms with Crippen LogP contribution in [0.5, 0.6) is 0 Å². The van der Waals surface area contributed by atoms with Gasteiger partial charge in [-0.05, 0) is 61.7 Å². The topological polar surface area (TPSA) is 97.3 Å². The number of anilines is 2. The Balaban J connectivity index is 1.38. The molecule has 1 saturated heterocycles. The van der Waals surface area contributed by atoms with Gasteiger partial charge < -0.3 is 15.1 Å². The molecule has 8 nitrogen and oxygen atoms in total. The molecular formula is C31H27N7O. The van der Waals surface area contributed by atoms with Gasteiger partial charge in [0, 0.05) is 29.7 Å². The average molecular weight is 514 g/mol. The van der Waals surface area contributed by atoms with Crippen molar-refractivity contribution >= 4 is 39.5 Å². The maximum atomic E-state index is 6.38. The summed E-state index contributed by atoms with van der Waals surface area (Å²) < 4.78 is 7.93. The van der Waals surface area contributed by atoms with Gasteiger partial charge in [0.05, 0.1) is 11.4 Å². The van der Waals surface area contributed by atoms with Gasteiger partial charge >= 0.3 is 0 Å². The van der Waals surface area contributed by atoms with Crippen molar-refractivity contribution in [2.45, 2.75) is 19.3 Å². The quantitative estimate of drug-likeness (QED) is 0.237. The number of piperidine rings is 1. The number of aromatic nitrogens is 3. The second kappa shape index (κ2) is 9.72. The van der Waals surface area contributed by atoms with Crippen LogP contribution in [-0.2, 0) is 0 Å². The molecule has 0 amide bonds. The predicted octanol–water partition coefficient (Wildman–Crippen LogP) is 7.80. The minimum atomic E-state index is 0.259. The van der Waals surface area contributed by atoms with E-state index >= 15 is 0 Å². The molecule has 3 aromatic heterocycles. The van der Waals surface area contributed by atoms with Crippen LogP contribution in [0.15, 0.2) is 106 Å². The lowest BCUT2D eigenvalue weighted by atomic mass is 10.1. The second-order valence-corrected chi connectivity index (χ2v) is 9.77. The van der Waals surface area contributed by atoms with Crippen LogP contribution in [0.1, 0.15) is 19.3 Å². The number of nitrogens with two attached hydrogens (primary N) is 1.